The van der Waals surface area contributed by atoms with Gasteiger partial charge in [-0.1, -0.05) is 18.2 Å². The summed E-state index contributed by atoms with van der Waals surface area (Å²) in [5.41, 5.74) is 0.938. The van der Waals surface area contributed by atoms with Crippen molar-refractivity contribution in [3.05, 3.63) is 54.0 Å². The van der Waals surface area contributed by atoms with E-state index >= 15 is 0 Å². The zero-order valence-corrected chi connectivity index (χ0v) is 18.1. The Morgan fingerprint density at radius 3 is 2.70 bits per heavy atom. The summed E-state index contributed by atoms with van der Waals surface area (Å²) in [4.78, 5) is 8.40. The Balaban J connectivity index is 0.00000364. The maximum atomic E-state index is 13.6. The Hall–Kier alpha value is -2.10. The van der Waals surface area contributed by atoms with E-state index in [1.54, 1.807) is 31.4 Å². The average Bonchev–Trinajstić information content (AvgIpc) is 2.65. The molecule has 27 heavy (non-hydrogen) atoms. The summed E-state index contributed by atoms with van der Waals surface area (Å²) in [6.45, 7) is 5.33. The first kappa shape index (κ1) is 22.9. The minimum atomic E-state index is -0.373. The molecular weight excluding hydrogens is 462 g/mol. The molecule has 0 aliphatic rings. The van der Waals surface area contributed by atoms with Crippen LogP contribution in [0.1, 0.15) is 19.4 Å². The van der Waals surface area contributed by atoms with E-state index in [9.17, 15) is 4.39 Å². The van der Waals surface area contributed by atoms with E-state index in [4.69, 9.17) is 9.47 Å². The summed E-state index contributed by atoms with van der Waals surface area (Å²) >= 11 is 0. The highest BCUT2D eigenvalue weighted by molar-refractivity contribution is 14.0. The van der Waals surface area contributed by atoms with Crippen molar-refractivity contribution in [2.75, 3.05) is 20.2 Å². The Morgan fingerprint density at radius 1 is 1.22 bits per heavy atom. The van der Waals surface area contributed by atoms with Crippen LogP contribution in [0, 0.1) is 5.82 Å². The van der Waals surface area contributed by atoms with E-state index < -0.39 is 0 Å². The van der Waals surface area contributed by atoms with Gasteiger partial charge in [-0.05, 0) is 32.0 Å². The third-order valence-electron chi connectivity index (χ3n) is 3.52. The first-order chi connectivity index (χ1) is 12.6. The third kappa shape index (κ3) is 7.58. The monoisotopic (exact) mass is 488 g/mol. The van der Waals surface area contributed by atoms with Crippen LogP contribution in [-0.2, 0) is 6.54 Å². The standard InChI is InChI=1S/C19H25FN4O2.HI/c1-4-25-18-15(8-7-11-22-18)13-24-19(21-3)23-12-14(2)26-17-10-6-5-9-16(17)20;/h5-11,14H,4,12-13H2,1-3H3,(H2,21,23,24);1H. The molecule has 6 nitrogen and oxygen atoms in total. The van der Waals surface area contributed by atoms with Crippen molar-refractivity contribution in [3.8, 4) is 11.6 Å². The summed E-state index contributed by atoms with van der Waals surface area (Å²) in [6.07, 6.45) is 1.46. The highest BCUT2D eigenvalue weighted by Gasteiger charge is 2.10. The lowest BCUT2D eigenvalue weighted by molar-refractivity contribution is 0.214. The predicted molar refractivity (Wildman–Crippen MR) is 116 cm³/mol. The fourth-order valence-electron chi connectivity index (χ4n) is 2.26. The quantitative estimate of drug-likeness (QED) is 0.339. The SMILES string of the molecule is CCOc1ncccc1CNC(=NC)NCC(C)Oc1ccccc1F.I. The number of benzene rings is 1. The zero-order chi connectivity index (χ0) is 18.8. The van der Waals surface area contributed by atoms with Crippen molar-refractivity contribution in [3.63, 3.8) is 0 Å². The van der Waals surface area contributed by atoms with Gasteiger partial charge >= 0.3 is 0 Å². The maximum Gasteiger partial charge on any atom is 0.218 e. The number of para-hydroxylation sites is 1. The van der Waals surface area contributed by atoms with Gasteiger partial charge in [0, 0.05) is 25.4 Å². The van der Waals surface area contributed by atoms with Crippen molar-refractivity contribution in [1.29, 1.82) is 0 Å². The van der Waals surface area contributed by atoms with Gasteiger partial charge in [0.2, 0.25) is 5.88 Å². The van der Waals surface area contributed by atoms with Crippen LogP contribution in [0.5, 0.6) is 11.6 Å². The van der Waals surface area contributed by atoms with Gasteiger partial charge in [0.1, 0.15) is 6.10 Å². The van der Waals surface area contributed by atoms with Crippen LogP contribution in [0.15, 0.2) is 47.6 Å². The molecule has 0 aliphatic heterocycles. The Bertz CT molecular complexity index is 730. The molecule has 2 rings (SSSR count). The molecule has 1 heterocycles. The molecule has 0 spiro atoms. The number of hydrogen-bond acceptors (Lipinski definition) is 4. The molecule has 0 fully saturated rings. The van der Waals surface area contributed by atoms with Crippen molar-refractivity contribution < 1.29 is 13.9 Å². The highest BCUT2D eigenvalue weighted by atomic mass is 127. The summed E-state index contributed by atoms with van der Waals surface area (Å²) < 4.78 is 24.7. The number of aliphatic imine (C=N–C) groups is 1. The molecule has 0 saturated carbocycles. The first-order valence-corrected chi connectivity index (χ1v) is 8.56. The van der Waals surface area contributed by atoms with Crippen LogP contribution in [0.2, 0.25) is 0 Å². The van der Waals surface area contributed by atoms with Crippen LogP contribution in [-0.4, -0.2) is 37.2 Å². The van der Waals surface area contributed by atoms with Crippen molar-refractivity contribution in [1.82, 2.24) is 15.6 Å². The van der Waals surface area contributed by atoms with E-state index in [-0.39, 0.29) is 41.6 Å². The molecule has 0 amide bonds. The van der Waals surface area contributed by atoms with E-state index in [1.165, 1.54) is 6.07 Å². The molecule has 0 bridgehead atoms. The number of pyridine rings is 1. The second kappa shape index (κ2) is 12.3. The topological polar surface area (TPSA) is 67.8 Å². The summed E-state index contributed by atoms with van der Waals surface area (Å²) in [7, 11) is 1.68. The third-order valence-corrected chi connectivity index (χ3v) is 3.52. The summed E-state index contributed by atoms with van der Waals surface area (Å²) in [5.74, 6) is 1.08. The average molecular weight is 488 g/mol. The molecule has 1 aromatic heterocycles. The fraction of sp³-hybridized carbons (Fsp3) is 0.368. The van der Waals surface area contributed by atoms with Crippen LogP contribution in [0.4, 0.5) is 4.39 Å². The molecule has 1 atom stereocenters. The molecule has 2 N–H and O–H groups in total. The van der Waals surface area contributed by atoms with Crippen LogP contribution in [0.3, 0.4) is 0 Å². The lowest BCUT2D eigenvalue weighted by Gasteiger charge is -2.18. The normalized spacial score (nSPS) is 11.9. The zero-order valence-electron chi connectivity index (χ0n) is 15.7. The van der Waals surface area contributed by atoms with Gasteiger partial charge in [-0.2, -0.15) is 0 Å². The number of guanidine groups is 1. The number of hydrogen-bond donors (Lipinski definition) is 2. The van der Waals surface area contributed by atoms with Gasteiger partial charge in [0.05, 0.1) is 13.2 Å². The predicted octanol–water partition coefficient (Wildman–Crippen LogP) is 3.37. The lowest BCUT2D eigenvalue weighted by atomic mass is 10.2. The Morgan fingerprint density at radius 2 is 2.00 bits per heavy atom. The second-order valence-electron chi connectivity index (χ2n) is 5.57. The number of halogens is 2. The van der Waals surface area contributed by atoms with Gasteiger partial charge < -0.3 is 20.1 Å². The van der Waals surface area contributed by atoms with Crippen molar-refractivity contribution in [2.24, 2.45) is 4.99 Å². The van der Waals surface area contributed by atoms with Gasteiger partial charge in [-0.15, -0.1) is 24.0 Å². The molecule has 0 saturated heterocycles. The largest absolute Gasteiger partial charge is 0.486 e. The molecule has 0 aliphatic carbocycles. The van der Waals surface area contributed by atoms with E-state index in [2.05, 4.69) is 20.6 Å². The highest BCUT2D eigenvalue weighted by Crippen LogP contribution is 2.17. The van der Waals surface area contributed by atoms with Crippen LogP contribution in [0.25, 0.3) is 0 Å². The van der Waals surface area contributed by atoms with Gasteiger partial charge in [-0.3, -0.25) is 4.99 Å². The minimum absolute atomic E-state index is 0. The maximum absolute atomic E-state index is 13.6. The number of nitrogens with one attached hydrogen (secondary N) is 2. The molecule has 2 aromatic rings. The van der Waals surface area contributed by atoms with E-state index in [0.29, 0.717) is 31.5 Å². The molecule has 1 aromatic carbocycles. The van der Waals surface area contributed by atoms with E-state index in [0.717, 1.165) is 5.56 Å². The Kier molecular flexibility index (Phi) is 10.5. The summed E-state index contributed by atoms with van der Waals surface area (Å²) in [6, 6.07) is 10.2. The van der Waals surface area contributed by atoms with Gasteiger partial charge in [-0.25, -0.2) is 9.37 Å². The molecule has 148 valence electrons. The summed E-state index contributed by atoms with van der Waals surface area (Å²) in [5, 5.41) is 6.37. The van der Waals surface area contributed by atoms with Crippen molar-refractivity contribution >= 4 is 29.9 Å². The molecule has 8 heteroatoms. The smallest absolute Gasteiger partial charge is 0.218 e. The van der Waals surface area contributed by atoms with Crippen LogP contribution >= 0.6 is 24.0 Å². The van der Waals surface area contributed by atoms with Gasteiger partial charge in [0.25, 0.3) is 0 Å². The lowest BCUT2D eigenvalue weighted by Crippen LogP contribution is -2.41. The number of rotatable bonds is 8. The fourth-order valence-corrected chi connectivity index (χ4v) is 2.26. The van der Waals surface area contributed by atoms with Crippen LogP contribution < -0.4 is 20.1 Å². The first-order valence-electron chi connectivity index (χ1n) is 8.56. The number of nitrogens with zero attached hydrogens (tertiary/aromatic N) is 2. The second-order valence-corrected chi connectivity index (χ2v) is 5.57. The minimum Gasteiger partial charge on any atom is -0.486 e. The number of aromatic nitrogens is 1. The van der Waals surface area contributed by atoms with Gasteiger partial charge in [0.15, 0.2) is 17.5 Å². The Labute approximate surface area is 176 Å². The molecule has 1 unspecified atom stereocenters. The van der Waals surface area contributed by atoms with Crippen molar-refractivity contribution in [2.45, 2.75) is 26.5 Å². The van der Waals surface area contributed by atoms with E-state index in [1.807, 2.05) is 26.0 Å². The molecule has 0 radical (unpaired) electrons. The number of ether oxygens (including phenoxy) is 2. The molecular formula is C19H26FIN4O2.